The fourth-order valence-corrected chi connectivity index (χ4v) is 2.69. The van der Waals surface area contributed by atoms with E-state index in [1.54, 1.807) is 12.3 Å². The van der Waals surface area contributed by atoms with Crippen LogP contribution in [-0.2, 0) is 0 Å². The molecule has 0 radical (unpaired) electrons. The van der Waals surface area contributed by atoms with Crippen LogP contribution in [0.2, 0.25) is 5.02 Å². The smallest absolute Gasteiger partial charge is 0.407 e. The van der Waals surface area contributed by atoms with Crippen LogP contribution in [-0.4, -0.2) is 52.4 Å². The second-order valence-electron chi connectivity index (χ2n) is 5.12. The summed E-state index contributed by atoms with van der Waals surface area (Å²) in [6.07, 6.45) is 0.791. The molecule has 1 N–H and O–H groups in total. The van der Waals surface area contributed by atoms with Crippen molar-refractivity contribution in [3.63, 3.8) is 0 Å². The van der Waals surface area contributed by atoms with Gasteiger partial charge in [0.05, 0.1) is 10.7 Å². The van der Waals surface area contributed by atoms with Crippen molar-refractivity contribution in [3.8, 4) is 11.3 Å². The van der Waals surface area contributed by atoms with E-state index in [0.717, 1.165) is 11.3 Å². The van der Waals surface area contributed by atoms with E-state index in [4.69, 9.17) is 21.2 Å². The van der Waals surface area contributed by atoms with Crippen molar-refractivity contribution < 1.29 is 14.4 Å². The summed E-state index contributed by atoms with van der Waals surface area (Å²) in [6, 6.07) is 3.60. The first kappa shape index (κ1) is 14.6. The van der Waals surface area contributed by atoms with Crippen LogP contribution in [0, 0.1) is 6.92 Å². The van der Waals surface area contributed by atoms with Crippen LogP contribution in [0.15, 0.2) is 22.9 Å². The van der Waals surface area contributed by atoms with Crippen LogP contribution in [0.1, 0.15) is 5.69 Å². The molecule has 0 aliphatic carbocycles. The summed E-state index contributed by atoms with van der Waals surface area (Å²) in [5.41, 5.74) is 1.55. The number of halogens is 1. The molecular formula is C14H15ClN4O3. The molecule has 22 heavy (non-hydrogen) atoms. The fraction of sp³-hybridized carbons (Fsp3) is 0.357. The molecule has 0 atom stereocenters. The lowest BCUT2D eigenvalue weighted by atomic mass is 10.2. The van der Waals surface area contributed by atoms with Gasteiger partial charge in [0.15, 0.2) is 5.76 Å². The lowest BCUT2D eigenvalue weighted by Crippen LogP contribution is -2.48. The number of anilines is 1. The fourth-order valence-electron chi connectivity index (χ4n) is 2.41. The Labute approximate surface area is 132 Å². The molecule has 7 nitrogen and oxygen atoms in total. The van der Waals surface area contributed by atoms with Crippen molar-refractivity contribution in [1.29, 1.82) is 0 Å². The number of aryl methyl sites for hydroxylation is 1. The molecule has 116 valence electrons. The van der Waals surface area contributed by atoms with E-state index in [2.05, 4.69) is 10.1 Å². The molecule has 1 aliphatic heterocycles. The number of rotatable bonds is 2. The van der Waals surface area contributed by atoms with Gasteiger partial charge in [0.1, 0.15) is 5.82 Å². The summed E-state index contributed by atoms with van der Waals surface area (Å²) in [5, 5.41) is 13.3. The highest BCUT2D eigenvalue weighted by molar-refractivity contribution is 6.33. The second kappa shape index (κ2) is 5.84. The number of amides is 1. The van der Waals surface area contributed by atoms with Gasteiger partial charge in [-0.2, -0.15) is 0 Å². The van der Waals surface area contributed by atoms with Gasteiger partial charge in [0.2, 0.25) is 0 Å². The summed E-state index contributed by atoms with van der Waals surface area (Å²) in [5.74, 6) is 1.28. The minimum absolute atomic E-state index is 0.441. The molecular weight excluding hydrogens is 308 g/mol. The van der Waals surface area contributed by atoms with Crippen LogP contribution in [0.25, 0.3) is 11.3 Å². The number of hydrogen-bond donors (Lipinski definition) is 1. The Morgan fingerprint density at radius 2 is 2.05 bits per heavy atom. The van der Waals surface area contributed by atoms with E-state index in [1.807, 2.05) is 17.9 Å². The predicted molar refractivity (Wildman–Crippen MR) is 81.3 cm³/mol. The van der Waals surface area contributed by atoms with Gasteiger partial charge in [-0.1, -0.05) is 16.8 Å². The number of hydrogen-bond acceptors (Lipinski definition) is 5. The molecule has 2 aromatic rings. The van der Waals surface area contributed by atoms with E-state index >= 15 is 0 Å². The van der Waals surface area contributed by atoms with Crippen LogP contribution in [0.3, 0.4) is 0 Å². The van der Waals surface area contributed by atoms with Crippen molar-refractivity contribution in [3.05, 3.63) is 29.0 Å². The van der Waals surface area contributed by atoms with Gasteiger partial charge in [-0.25, -0.2) is 9.78 Å². The van der Waals surface area contributed by atoms with Crippen LogP contribution >= 0.6 is 11.6 Å². The highest BCUT2D eigenvalue weighted by atomic mass is 35.5. The lowest BCUT2D eigenvalue weighted by Gasteiger charge is -2.34. The number of carboxylic acid groups (broad SMARTS) is 1. The highest BCUT2D eigenvalue weighted by Gasteiger charge is 2.23. The van der Waals surface area contributed by atoms with Gasteiger partial charge >= 0.3 is 6.09 Å². The minimum atomic E-state index is -0.894. The number of pyridine rings is 1. The second-order valence-corrected chi connectivity index (χ2v) is 5.53. The minimum Gasteiger partial charge on any atom is -0.465 e. The highest BCUT2D eigenvalue weighted by Crippen LogP contribution is 2.29. The zero-order valence-corrected chi connectivity index (χ0v) is 12.7. The molecule has 1 fully saturated rings. The Kier molecular flexibility index (Phi) is 3.89. The van der Waals surface area contributed by atoms with Crippen molar-refractivity contribution in [2.45, 2.75) is 6.92 Å². The van der Waals surface area contributed by atoms with Gasteiger partial charge in [-0.3, -0.25) is 0 Å². The Hall–Kier alpha value is -2.28. The van der Waals surface area contributed by atoms with Gasteiger partial charge in [0, 0.05) is 44.0 Å². The maximum absolute atomic E-state index is 10.9. The number of aromatic nitrogens is 2. The zero-order valence-electron chi connectivity index (χ0n) is 12.0. The molecule has 3 rings (SSSR count). The van der Waals surface area contributed by atoms with Gasteiger partial charge < -0.3 is 19.4 Å². The molecule has 3 heterocycles. The number of nitrogens with zero attached hydrogens (tertiary/aromatic N) is 4. The van der Waals surface area contributed by atoms with Crippen molar-refractivity contribution >= 4 is 23.5 Å². The third-order valence-electron chi connectivity index (χ3n) is 3.58. The molecule has 1 aliphatic rings. The molecule has 1 saturated heterocycles. The Morgan fingerprint density at radius 1 is 1.32 bits per heavy atom. The average molecular weight is 323 g/mol. The first-order valence-corrected chi connectivity index (χ1v) is 7.24. The molecule has 2 aromatic heterocycles. The quantitative estimate of drug-likeness (QED) is 0.914. The van der Waals surface area contributed by atoms with Crippen molar-refractivity contribution in [2.75, 3.05) is 31.1 Å². The predicted octanol–water partition coefficient (Wildman–Crippen LogP) is 2.50. The number of piperazine rings is 1. The van der Waals surface area contributed by atoms with Crippen LogP contribution < -0.4 is 4.90 Å². The maximum Gasteiger partial charge on any atom is 0.407 e. The SMILES string of the molecule is Cc1cc(-c2cnc(N3CCN(C(=O)O)CC3)c(Cl)c2)on1. The summed E-state index contributed by atoms with van der Waals surface area (Å²) >= 11 is 6.32. The van der Waals surface area contributed by atoms with E-state index in [0.29, 0.717) is 42.8 Å². The Bertz CT molecular complexity index is 695. The first-order chi connectivity index (χ1) is 10.5. The van der Waals surface area contributed by atoms with Crippen molar-refractivity contribution in [2.24, 2.45) is 0 Å². The van der Waals surface area contributed by atoms with E-state index in [1.165, 1.54) is 4.90 Å². The molecule has 1 amide bonds. The standard InChI is InChI=1S/C14H15ClN4O3/c1-9-6-12(22-17-9)10-7-11(15)13(16-8-10)18-2-4-19(5-3-18)14(20)21/h6-8H,2-5H2,1H3,(H,20,21). The lowest BCUT2D eigenvalue weighted by molar-refractivity contribution is 0.142. The van der Waals surface area contributed by atoms with Crippen molar-refractivity contribution in [1.82, 2.24) is 15.0 Å². The monoisotopic (exact) mass is 322 g/mol. The summed E-state index contributed by atoms with van der Waals surface area (Å²) in [6.45, 7) is 3.87. The van der Waals surface area contributed by atoms with Gasteiger partial charge in [0.25, 0.3) is 0 Å². The van der Waals surface area contributed by atoms with Crippen LogP contribution in [0.5, 0.6) is 0 Å². The molecule has 0 aromatic carbocycles. The molecule has 0 unspecified atom stereocenters. The third kappa shape index (κ3) is 2.85. The van der Waals surface area contributed by atoms with Crippen LogP contribution in [0.4, 0.5) is 10.6 Å². The topological polar surface area (TPSA) is 82.7 Å². The van der Waals surface area contributed by atoms with E-state index in [-0.39, 0.29) is 0 Å². The van der Waals surface area contributed by atoms with E-state index in [9.17, 15) is 4.79 Å². The average Bonchev–Trinajstić information content (AvgIpc) is 2.94. The zero-order chi connectivity index (χ0) is 15.7. The van der Waals surface area contributed by atoms with Gasteiger partial charge in [-0.15, -0.1) is 0 Å². The molecule has 8 heteroatoms. The molecule has 0 bridgehead atoms. The Morgan fingerprint density at radius 3 is 2.59 bits per heavy atom. The normalized spacial score (nSPS) is 15.2. The summed E-state index contributed by atoms with van der Waals surface area (Å²) < 4.78 is 5.20. The molecule has 0 saturated carbocycles. The Balaban J connectivity index is 1.77. The largest absolute Gasteiger partial charge is 0.465 e. The third-order valence-corrected chi connectivity index (χ3v) is 3.86. The molecule has 0 spiro atoms. The summed E-state index contributed by atoms with van der Waals surface area (Å²) in [7, 11) is 0. The summed E-state index contributed by atoms with van der Waals surface area (Å²) in [4.78, 5) is 18.7. The van der Waals surface area contributed by atoms with Gasteiger partial charge in [-0.05, 0) is 13.0 Å². The number of carbonyl (C=O) groups is 1. The maximum atomic E-state index is 10.9. The van der Waals surface area contributed by atoms with E-state index < -0.39 is 6.09 Å². The first-order valence-electron chi connectivity index (χ1n) is 6.86.